The topological polar surface area (TPSA) is 68.8 Å². The Kier molecular flexibility index (Phi) is 4.43. The fraction of sp³-hybridized carbons (Fsp3) is 0.238. The fourth-order valence-electron chi connectivity index (χ4n) is 3.37. The first-order chi connectivity index (χ1) is 13.5. The van der Waals surface area contributed by atoms with Crippen molar-refractivity contribution >= 4 is 17.1 Å². The standard InChI is InChI=1S/C21H22N6O/c1-14-18(15(2)26(4)24-14)12-25(3)21(28)16-10-19-20(22-11-16)27(13-23-19)17-8-6-5-7-9-17/h5-11,13H,12H2,1-4H3. The molecule has 4 rings (SSSR count). The van der Waals surface area contributed by atoms with Gasteiger partial charge in [0.2, 0.25) is 0 Å². The minimum absolute atomic E-state index is 0.0914. The van der Waals surface area contributed by atoms with E-state index in [4.69, 9.17) is 0 Å². The third-order valence-electron chi connectivity index (χ3n) is 5.07. The third-order valence-corrected chi connectivity index (χ3v) is 5.07. The van der Waals surface area contributed by atoms with Crippen molar-refractivity contribution in [2.45, 2.75) is 20.4 Å². The Balaban J connectivity index is 1.61. The number of pyridine rings is 1. The molecule has 1 amide bonds. The highest BCUT2D eigenvalue weighted by Crippen LogP contribution is 2.19. The van der Waals surface area contributed by atoms with Crippen LogP contribution < -0.4 is 0 Å². The summed E-state index contributed by atoms with van der Waals surface area (Å²) in [6, 6.07) is 11.7. The van der Waals surface area contributed by atoms with Crippen LogP contribution in [0.1, 0.15) is 27.3 Å². The zero-order chi connectivity index (χ0) is 19.8. The highest BCUT2D eigenvalue weighted by atomic mass is 16.2. The van der Waals surface area contributed by atoms with Gasteiger partial charge < -0.3 is 4.90 Å². The molecule has 0 saturated heterocycles. The van der Waals surface area contributed by atoms with E-state index >= 15 is 0 Å². The van der Waals surface area contributed by atoms with Crippen molar-refractivity contribution in [2.24, 2.45) is 7.05 Å². The Morgan fingerprint density at radius 1 is 1.14 bits per heavy atom. The molecule has 1 aromatic carbocycles. The number of nitrogens with zero attached hydrogens (tertiary/aromatic N) is 6. The lowest BCUT2D eigenvalue weighted by Crippen LogP contribution is -2.26. The number of carbonyl (C=O) groups excluding carboxylic acids is 1. The molecule has 3 heterocycles. The van der Waals surface area contributed by atoms with Crippen molar-refractivity contribution in [2.75, 3.05) is 7.05 Å². The van der Waals surface area contributed by atoms with Crippen LogP contribution in [-0.4, -0.2) is 42.2 Å². The van der Waals surface area contributed by atoms with Gasteiger partial charge in [-0.3, -0.25) is 14.0 Å². The first kappa shape index (κ1) is 17.9. The van der Waals surface area contributed by atoms with Crippen LogP contribution in [0.15, 0.2) is 48.9 Å². The number of rotatable bonds is 4. The minimum atomic E-state index is -0.0914. The summed E-state index contributed by atoms with van der Waals surface area (Å²) in [6.07, 6.45) is 3.35. The maximum absolute atomic E-state index is 12.9. The monoisotopic (exact) mass is 374 g/mol. The van der Waals surface area contributed by atoms with Gasteiger partial charge in [0, 0.05) is 43.8 Å². The molecule has 0 fully saturated rings. The average Bonchev–Trinajstić information content (AvgIpc) is 3.23. The maximum Gasteiger partial charge on any atom is 0.255 e. The summed E-state index contributed by atoms with van der Waals surface area (Å²) in [5.41, 5.74) is 5.99. The lowest BCUT2D eigenvalue weighted by Gasteiger charge is -2.17. The smallest absolute Gasteiger partial charge is 0.255 e. The van der Waals surface area contributed by atoms with E-state index in [0.717, 1.165) is 28.3 Å². The molecule has 0 saturated carbocycles. The predicted molar refractivity (Wildman–Crippen MR) is 107 cm³/mol. The van der Waals surface area contributed by atoms with Crippen molar-refractivity contribution in [3.05, 3.63) is 71.4 Å². The SMILES string of the molecule is Cc1nn(C)c(C)c1CN(C)C(=O)c1cnc2c(c1)ncn2-c1ccccc1. The number of fused-ring (bicyclic) bond motifs is 1. The Bertz CT molecular complexity index is 1160. The van der Waals surface area contributed by atoms with Crippen LogP contribution in [-0.2, 0) is 13.6 Å². The lowest BCUT2D eigenvalue weighted by atomic mass is 10.1. The van der Waals surface area contributed by atoms with E-state index in [1.807, 2.05) is 60.5 Å². The number of aromatic nitrogens is 5. The van der Waals surface area contributed by atoms with E-state index in [-0.39, 0.29) is 5.91 Å². The molecule has 4 aromatic rings. The second-order valence-corrected chi connectivity index (χ2v) is 6.95. The molecule has 0 bridgehead atoms. The number of hydrogen-bond donors (Lipinski definition) is 0. The molecule has 0 radical (unpaired) electrons. The number of hydrogen-bond acceptors (Lipinski definition) is 4. The molecule has 7 heteroatoms. The second-order valence-electron chi connectivity index (χ2n) is 6.95. The van der Waals surface area contributed by atoms with E-state index in [1.165, 1.54) is 0 Å². The van der Waals surface area contributed by atoms with Crippen LogP contribution in [0.4, 0.5) is 0 Å². The zero-order valence-electron chi connectivity index (χ0n) is 16.4. The lowest BCUT2D eigenvalue weighted by molar-refractivity contribution is 0.0784. The zero-order valence-corrected chi connectivity index (χ0v) is 16.4. The van der Waals surface area contributed by atoms with Crippen molar-refractivity contribution in [1.82, 2.24) is 29.2 Å². The molecule has 3 aromatic heterocycles. The van der Waals surface area contributed by atoms with E-state index in [2.05, 4.69) is 15.1 Å². The van der Waals surface area contributed by atoms with Crippen LogP contribution in [0.3, 0.4) is 0 Å². The maximum atomic E-state index is 12.9. The van der Waals surface area contributed by atoms with Crippen molar-refractivity contribution in [3.8, 4) is 5.69 Å². The van der Waals surface area contributed by atoms with E-state index in [0.29, 0.717) is 17.6 Å². The molecule has 0 aliphatic rings. The molecule has 0 aliphatic heterocycles. The van der Waals surface area contributed by atoms with Gasteiger partial charge in [-0.2, -0.15) is 5.10 Å². The second kappa shape index (κ2) is 6.92. The summed E-state index contributed by atoms with van der Waals surface area (Å²) in [5.74, 6) is -0.0914. The quantitative estimate of drug-likeness (QED) is 0.551. The average molecular weight is 374 g/mol. The molecule has 7 nitrogen and oxygen atoms in total. The van der Waals surface area contributed by atoms with Crippen molar-refractivity contribution in [3.63, 3.8) is 0 Å². The predicted octanol–water partition coefficient (Wildman–Crippen LogP) is 3.04. The van der Waals surface area contributed by atoms with E-state index in [1.54, 1.807) is 30.5 Å². The van der Waals surface area contributed by atoms with Crippen LogP contribution in [0.2, 0.25) is 0 Å². The number of carbonyl (C=O) groups is 1. The number of benzene rings is 1. The summed E-state index contributed by atoms with van der Waals surface area (Å²) in [5, 5.41) is 4.42. The van der Waals surface area contributed by atoms with Gasteiger partial charge in [-0.25, -0.2) is 9.97 Å². The van der Waals surface area contributed by atoms with Crippen molar-refractivity contribution in [1.29, 1.82) is 0 Å². The Morgan fingerprint density at radius 2 is 1.89 bits per heavy atom. The summed E-state index contributed by atoms with van der Waals surface area (Å²) < 4.78 is 3.75. The molecule has 0 N–H and O–H groups in total. The van der Waals surface area contributed by atoms with Crippen LogP contribution in [0.25, 0.3) is 16.9 Å². The molecule has 0 atom stereocenters. The van der Waals surface area contributed by atoms with Gasteiger partial charge in [0.15, 0.2) is 5.65 Å². The van der Waals surface area contributed by atoms with Crippen LogP contribution >= 0.6 is 0 Å². The third kappa shape index (κ3) is 3.05. The molecule has 0 aliphatic carbocycles. The molecule has 28 heavy (non-hydrogen) atoms. The van der Waals surface area contributed by atoms with Crippen molar-refractivity contribution < 1.29 is 4.79 Å². The molecule has 0 unspecified atom stereocenters. The Morgan fingerprint density at radius 3 is 2.57 bits per heavy atom. The molecular weight excluding hydrogens is 352 g/mol. The normalized spacial score (nSPS) is 11.1. The Hall–Kier alpha value is -3.48. The van der Waals surface area contributed by atoms with Gasteiger partial charge in [0.1, 0.15) is 11.8 Å². The van der Waals surface area contributed by atoms with Gasteiger partial charge >= 0.3 is 0 Å². The first-order valence-corrected chi connectivity index (χ1v) is 9.08. The summed E-state index contributed by atoms with van der Waals surface area (Å²) in [6.45, 7) is 4.48. The highest BCUT2D eigenvalue weighted by Gasteiger charge is 2.18. The molecule has 0 spiro atoms. The summed E-state index contributed by atoms with van der Waals surface area (Å²) in [4.78, 5) is 23.5. The van der Waals surface area contributed by atoms with Crippen LogP contribution in [0.5, 0.6) is 0 Å². The van der Waals surface area contributed by atoms with Gasteiger partial charge in [0.25, 0.3) is 5.91 Å². The van der Waals surface area contributed by atoms with E-state index < -0.39 is 0 Å². The largest absolute Gasteiger partial charge is 0.337 e. The summed E-state index contributed by atoms with van der Waals surface area (Å²) >= 11 is 0. The Labute approximate surface area is 163 Å². The molecule has 142 valence electrons. The van der Waals surface area contributed by atoms with Gasteiger partial charge in [-0.05, 0) is 32.0 Å². The summed E-state index contributed by atoms with van der Waals surface area (Å²) in [7, 11) is 3.70. The molecular formula is C21H22N6O. The number of amides is 1. The fourth-order valence-corrected chi connectivity index (χ4v) is 3.37. The van der Waals surface area contributed by atoms with Gasteiger partial charge in [-0.1, -0.05) is 18.2 Å². The highest BCUT2D eigenvalue weighted by molar-refractivity contribution is 5.96. The number of para-hydroxylation sites is 1. The number of aryl methyl sites for hydroxylation is 2. The van der Waals surface area contributed by atoms with Gasteiger partial charge in [0.05, 0.1) is 11.3 Å². The van der Waals surface area contributed by atoms with Crippen LogP contribution in [0, 0.1) is 13.8 Å². The van der Waals surface area contributed by atoms with Gasteiger partial charge in [-0.15, -0.1) is 0 Å². The minimum Gasteiger partial charge on any atom is -0.337 e. The van der Waals surface area contributed by atoms with E-state index in [9.17, 15) is 4.79 Å². The number of imidazole rings is 1. The first-order valence-electron chi connectivity index (χ1n) is 9.08.